The van der Waals surface area contributed by atoms with Gasteiger partial charge in [0, 0.05) is 13.0 Å². The highest BCUT2D eigenvalue weighted by Gasteiger charge is 2.16. The van der Waals surface area contributed by atoms with Crippen molar-refractivity contribution < 1.29 is 0 Å². The summed E-state index contributed by atoms with van der Waals surface area (Å²) in [6.07, 6.45) is 6.59. The van der Waals surface area contributed by atoms with Crippen LogP contribution in [0, 0.1) is 5.92 Å². The van der Waals surface area contributed by atoms with Crippen LogP contribution in [-0.4, -0.2) is 39.3 Å². The molecule has 0 aliphatic rings. The molecule has 0 fully saturated rings. The van der Waals surface area contributed by atoms with E-state index in [1.807, 2.05) is 18.2 Å². The van der Waals surface area contributed by atoms with Crippen molar-refractivity contribution in [3.8, 4) is 0 Å². The van der Waals surface area contributed by atoms with Crippen molar-refractivity contribution in [1.29, 1.82) is 0 Å². The zero-order valence-electron chi connectivity index (χ0n) is 18.0. The van der Waals surface area contributed by atoms with Crippen LogP contribution in [0.5, 0.6) is 0 Å². The molecule has 0 amide bonds. The number of anilines is 2. The van der Waals surface area contributed by atoms with E-state index in [1.54, 1.807) is 22.0 Å². The lowest BCUT2D eigenvalue weighted by Gasteiger charge is -2.09. The van der Waals surface area contributed by atoms with E-state index >= 15 is 0 Å². The smallest absolute Gasteiger partial charge is 0.185 e. The number of imidazole rings is 2. The van der Waals surface area contributed by atoms with Gasteiger partial charge in [-0.05, 0) is 17.9 Å². The standard InChI is InChI=1S/C22H24N10/c1-14(2)8-9-16-29-19(23)17-22(30-16)32(12-27-17)31-13-28-18-20(25-11-26-21(18)31)24-10-15-6-4-3-5-7-15/h3-7,11-14H,8-10H2,1-2H3,(H2,23,29,30)(H,24,25,26). The summed E-state index contributed by atoms with van der Waals surface area (Å²) < 4.78 is 3.58. The molecule has 10 heteroatoms. The first-order valence-electron chi connectivity index (χ1n) is 10.6. The van der Waals surface area contributed by atoms with Gasteiger partial charge in [0.15, 0.2) is 34.0 Å². The average Bonchev–Trinajstić information content (AvgIpc) is 3.41. The SMILES string of the molecule is CC(C)CCc1nc(N)c2ncn(-n3cnc4c(NCc5ccccc5)ncnc43)c2n1. The number of nitrogens with one attached hydrogen (secondary N) is 1. The molecule has 0 spiro atoms. The topological polar surface area (TPSA) is 125 Å². The molecule has 10 nitrogen and oxygen atoms in total. The largest absolute Gasteiger partial charge is 0.382 e. The molecule has 0 aliphatic heterocycles. The van der Waals surface area contributed by atoms with Gasteiger partial charge in [-0.2, -0.15) is 0 Å². The maximum atomic E-state index is 6.17. The van der Waals surface area contributed by atoms with E-state index in [2.05, 4.69) is 56.2 Å². The molecule has 0 radical (unpaired) electrons. The third kappa shape index (κ3) is 3.70. The Morgan fingerprint density at radius 3 is 2.44 bits per heavy atom. The van der Waals surface area contributed by atoms with E-state index in [0.717, 1.165) is 18.4 Å². The number of rotatable bonds is 7. The number of nitrogen functional groups attached to an aromatic ring is 1. The molecular weight excluding hydrogens is 404 g/mol. The summed E-state index contributed by atoms with van der Waals surface area (Å²) in [5, 5.41) is 3.35. The van der Waals surface area contributed by atoms with E-state index in [9.17, 15) is 0 Å². The Kier molecular flexibility index (Phi) is 5.10. The van der Waals surface area contributed by atoms with E-state index < -0.39 is 0 Å². The normalized spacial score (nSPS) is 11.6. The first-order valence-corrected chi connectivity index (χ1v) is 10.6. The van der Waals surface area contributed by atoms with Crippen LogP contribution >= 0.6 is 0 Å². The predicted octanol–water partition coefficient (Wildman–Crippen LogP) is 3.06. The Morgan fingerprint density at radius 1 is 0.906 bits per heavy atom. The molecule has 0 unspecified atom stereocenters. The summed E-state index contributed by atoms with van der Waals surface area (Å²) in [7, 11) is 0. The Bertz CT molecular complexity index is 1370. The number of hydrogen-bond donors (Lipinski definition) is 2. The van der Waals surface area contributed by atoms with Crippen LogP contribution in [0.1, 0.15) is 31.7 Å². The van der Waals surface area contributed by atoms with Crippen LogP contribution in [0.25, 0.3) is 22.3 Å². The van der Waals surface area contributed by atoms with Gasteiger partial charge in [0.1, 0.15) is 24.8 Å². The Balaban J connectivity index is 1.52. The van der Waals surface area contributed by atoms with Crippen LogP contribution in [0.3, 0.4) is 0 Å². The first kappa shape index (κ1) is 19.9. The molecule has 0 atom stereocenters. The van der Waals surface area contributed by atoms with Crippen molar-refractivity contribution in [3.63, 3.8) is 0 Å². The average molecular weight is 429 g/mol. The van der Waals surface area contributed by atoms with E-state index in [4.69, 9.17) is 10.7 Å². The molecule has 5 aromatic rings. The van der Waals surface area contributed by atoms with Crippen LogP contribution in [-0.2, 0) is 13.0 Å². The number of benzene rings is 1. The Morgan fingerprint density at radius 2 is 1.66 bits per heavy atom. The Labute approximate surface area is 184 Å². The van der Waals surface area contributed by atoms with Crippen molar-refractivity contribution in [1.82, 2.24) is 39.3 Å². The molecular formula is C22H24N10. The van der Waals surface area contributed by atoms with E-state index in [1.165, 1.54) is 6.33 Å². The van der Waals surface area contributed by atoms with Crippen molar-refractivity contribution in [2.24, 2.45) is 5.92 Å². The minimum Gasteiger partial charge on any atom is -0.382 e. The number of nitrogens with two attached hydrogens (primary N) is 1. The van der Waals surface area contributed by atoms with Gasteiger partial charge in [-0.25, -0.2) is 39.3 Å². The van der Waals surface area contributed by atoms with Crippen molar-refractivity contribution >= 4 is 34.0 Å². The van der Waals surface area contributed by atoms with Crippen LogP contribution < -0.4 is 11.1 Å². The lowest BCUT2D eigenvalue weighted by atomic mass is 10.1. The van der Waals surface area contributed by atoms with Crippen LogP contribution in [0.15, 0.2) is 49.3 Å². The molecule has 0 saturated heterocycles. The van der Waals surface area contributed by atoms with Gasteiger partial charge in [-0.3, -0.25) is 0 Å². The highest BCUT2D eigenvalue weighted by Crippen LogP contribution is 2.22. The summed E-state index contributed by atoms with van der Waals surface area (Å²) >= 11 is 0. The van der Waals surface area contributed by atoms with E-state index in [0.29, 0.717) is 52.3 Å². The number of fused-ring (bicyclic) bond motifs is 2. The number of aryl methyl sites for hydroxylation is 1. The van der Waals surface area contributed by atoms with Gasteiger partial charge in [0.25, 0.3) is 0 Å². The molecule has 0 aliphatic carbocycles. The minimum absolute atomic E-state index is 0.372. The number of hydrogen-bond acceptors (Lipinski definition) is 8. The molecule has 3 N–H and O–H groups in total. The second kappa shape index (κ2) is 8.22. The molecule has 32 heavy (non-hydrogen) atoms. The molecule has 0 saturated carbocycles. The van der Waals surface area contributed by atoms with Gasteiger partial charge >= 0.3 is 0 Å². The molecule has 1 aromatic carbocycles. The fourth-order valence-corrected chi connectivity index (χ4v) is 3.54. The molecule has 162 valence electrons. The quantitative estimate of drug-likeness (QED) is 0.405. The number of nitrogens with zero attached hydrogens (tertiary/aromatic N) is 8. The van der Waals surface area contributed by atoms with Gasteiger partial charge in [0.05, 0.1) is 0 Å². The maximum absolute atomic E-state index is 6.17. The minimum atomic E-state index is 0.372. The van der Waals surface area contributed by atoms with Gasteiger partial charge in [0.2, 0.25) is 0 Å². The molecule has 5 rings (SSSR count). The van der Waals surface area contributed by atoms with Crippen LogP contribution in [0.2, 0.25) is 0 Å². The summed E-state index contributed by atoms with van der Waals surface area (Å²) in [5.41, 5.74) is 9.79. The summed E-state index contributed by atoms with van der Waals surface area (Å²) in [5.74, 6) is 2.29. The van der Waals surface area contributed by atoms with Gasteiger partial charge in [-0.1, -0.05) is 44.2 Å². The second-order valence-electron chi connectivity index (χ2n) is 8.04. The van der Waals surface area contributed by atoms with Crippen LogP contribution in [0.4, 0.5) is 11.6 Å². The summed E-state index contributed by atoms with van der Waals surface area (Å²) in [4.78, 5) is 27.0. The van der Waals surface area contributed by atoms with Gasteiger partial charge < -0.3 is 11.1 Å². The third-order valence-corrected chi connectivity index (χ3v) is 5.25. The first-order chi connectivity index (χ1) is 15.6. The summed E-state index contributed by atoms with van der Waals surface area (Å²) in [6.45, 7) is 4.98. The van der Waals surface area contributed by atoms with Gasteiger partial charge in [-0.15, -0.1) is 0 Å². The van der Waals surface area contributed by atoms with Crippen molar-refractivity contribution in [3.05, 3.63) is 60.7 Å². The molecule has 0 bridgehead atoms. The fourth-order valence-electron chi connectivity index (χ4n) is 3.54. The molecule has 4 aromatic heterocycles. The maximum Gasteiger partial charge on any atom is 0.185 e. The molecule has 4 heterocycles. The zero-order chi connectivity index (χ0) is 22.1. The number of aromatic nitrogens is 8. The predicted molar refractivity (Wildman–Crippen MR) is 123 cm³/mol. The summed E-state index contributed by atoms with van der Waals surface area (Å²) in [6, 6.07) is 10.1. The van der Waals surface area contributed by atoms with Crippen molar-refractivity contribution in [2.45, 2.75) is 33.2 Å². The van der Waals surface area contributed by atoms with E-state index in [-0.39, 0.29) is 0 Å². The highest BCUT2D eigenvalue weighted by atomic mass is 15.5. The third-order valence-electron chi connectivity index (χ3n) is 5.25. The fraction of sp³-hybridized carbons (Fsp3) is 0.273. The lowest BCUT2D eigenvalue weighted by molar-refractivity contribution is 0.575. The second-order valence-corrected chi connectivity index (χ2v) is 8.04. The highest BCUT2D eigenvalue weighted by molar-refractivity contribution is 5.84. The monoisotopic (exact) mass is 428 g/mol. The zero-order valence-corrected chi connectivity index (χ0v) is 18.0. The lowest BCUT2D eigenvalue weighted by Crippen LogP contribution is -2.10. The Hall–Kier alpha value is -4.08. The van der Waals surface area contributed by atoms with Crippen molar-refractivity contribution in [2.75, 3.05) is 11.1 Å².